The second-order valence-electron chi connectivity index (χ2n) is 5.29. The van der Waals surface area contributed by atoms with Crippen LogP contribution >= 0.6 is 0 Å². The number of carbonyl (C=O) groups excluding carboxylic acids is 1. The molecule has 0 saturated heterocycles. The van der Waals surface area contributed by atoms with E-state index in [-0.39, 0.29) is 35.0 Å². The molecule has 0 aliphatic rings. The fourth-order valence-electron chi connectivity index (χ4n) is 2.51. The van der Waals surface area contributed by atoms with Crippen molar-refractivity contribution in [1.82, 2.24) is 0 Å². The van der Waals surface area contributed by atoms with Gasteiger partial charge in [0.25, 0.3) is 0 Å². The number of benzene rings is 2. The molecule has 25 heavy (non-hydrogen) atoms. The van der Waals surface area contributed by atoms with E-state index in [0.29, 0.717) is 30.3 Å². The molecule has 0 saturated carbocycles. The number of ether oxygens (including phenoxy) is 3. The normalized spacial score (nSPS) is 10.4. The minimum atomic E-state index is -0.332. The number of methoxy groups -OCH3 is 1. The summed E-state index contributed by atoms with van der Waals surface area (Å²) >= 11 is 0. The molecule has 0 aliphatic heterocycles. The van der Waals surface area contributed by atoms with Gasteiger partial charge in [-0.2, -0.15) is 0 Å². The van der Waals surface area contributed by atoms with E-state index >= 15 is 0 Å². The predicted molar refractivity (Wildman–Crippen MR) is 93.1 cm³/mol. The van der Waals surface area contributed by atoms with Gasteiger partial charge in [-0.3, -0.25) is 4.79 Å². The number of aromatic hydroxyl groups is 2. The van der Waals surface area contributed by atoms with Gasteiger partial charge in [0.05, 0.1) is 20.3 Å². The van der Waals surface area contributed by atoms with Crippen molar-refractivity contribution in [1.29, 1.82) is 0 Å². The summed E-state index contributed by atoms with van der Waals surface area (Å²) in [5, 5.41) is 19.5. The Bertz CT molecular complexity index is 754. The molecule has 2 N–H and O–H groups in total. The van der Waals surface area contributed by atoms with Crippen molar-refractivity contribution >= 4 is 5.78 Å². The Kier molecular flexibility index (Phi) is 6.11. The Labute approximate surface area is 146 Å². The molecular formula is C19H22O6. The van der Waals surface area contributed by atoms with Crippen LogP contribution in [0.5, 0.6) is 28.7 Å². The van der Waals surface area contributed by atoms with Crippen LogP contribution in [0.3, 0.4) is 0 Å². The zero-order chi connectivity index (χ0) is 18.4. The highest BCUT2D eigenvalue weighted by molar-refractivity contribution is 6.02. The lowest BCUT2D eigenvalue weighted by molar-refractivity contribution is 0.0987. The number of Topliss-reactive ketones (excluding diaryl/α,β-unsaturated/α-hetero) is 1. The highest BCUT2D eigenvalue weighted by Gasteiger charge is 2.20. The lowest BCUT2D eigenvalue weighted by Crippen LogP contribution is -2.07. The maximum absolute atomic E-state index is 12.6. The predicted octanol–water partition coefficient (Wildman–Crippen LogP) is 3.33. The fourth-order valence-corrected chi connectivity index (χ4v) is 2.51. The summed E-state index contributed by atoms with van der Waals surface area (Å²) in [4.78, 5) is 12.6. The molecule has 0 bridgehead atoms. The highest BCUT2D eigenvalue weighted by Crippen LogP contribution is 2.34. The molecule has 6 nitrogen and oxygen atoms in total. The molecule has 0 amide bonds. The van der Waals surface area contributed by atoms with E-state index < -0.39 is 0 Å². The molecule has 0 radical (unpaired) electrons. The van der Waals surface area contributed by atoms with Crippen molar-refractivity contribution in [2.45, 2.75) is 20.3 Å². The van der Waals surface area contributed by atoms with Crippen molar-refractivity contribution in [2.24, 2.45) is 0 Å². The van der Waals surface area contributed by atoms with Crippen molar-refractivity contribution in [3.63, 3.8) is 0 Å². The largest absolute Gasteiger partial charge is 0.508 e. The third-order valence-electron chi connectivity index (χ3n) is 3.54. The molecule has 0 aromatic heterocycles. The van der Waals surface area contributed by atoms with Crippen molar-refractivity contribution in [3.05, 3.63) is 41.5 Å². The first-order valence-electron chi connectivity index (χ1n) is 8.01. The van der Waals surface area contributed by atoms with Crippen LogP contribution in [-0.4, -0.2) is 36.3 Å². The standard InChI is InChI=1S/C19H22O6/c1-4-24-16-7-6-12(9-17(16)25-5-2)8-14(21)19-15(22)10-13(20)11-18(19)23-3/h6-7,9-11,20,22H,4-5,8H2,1-3H3. The van der Waals surface area contributed by atoms with E-state index in [1.165, 1.54) is 13.2 Å². The Balaban J connectivity index is 2.30. The van der Waals surface area contributed by atoms with Gasteiger partial charge in [0.2, 0.25) is 0 Å². The van der Waals surface area contributed by atoms with Crippen LogP contribution < -0.4 is 14.2 Å². The first kappa shape index (κ1) is 18.4. The summed E-state index contributed by atoms with van der Waals surface area (Å²) in [6.07, 6.45) is 0.0428. The van der Waals surface area contributed by atoms with Crippen LogP contribution in [0.4, 0.5) is 0 Å². The lowest BCUT2D eigenvalue weighted by atomic mass is 10.0. The molecule has 0 fully saturated rings. The number of hydrogen-bond donors (Lipinski definition) is 2. The number of hydrogen-bond acceptors (Lipinski definition) is 6. The monoisotopic (exact) mass is 346 g/mol. The van der Waals surface area contributed by atoms with Gasteiger partial charge in [0.15, 0.2) is 17.3 Å². The number of ketones is 1. The minimum absolute atomic E-state index is 0.0344. The molecule has 2 aromatic rings. The molecule has 134 valence electrons. The van der Waals surface area contributed by atoms with Crippen LogP contribution in [0.15, 0.2) is 30.3 Å². The maximum atomic E-state index is 12.6. The molecule has 2 rings (SSSR count). The Hall–Kier alpha value is -2.89. The van der Waals surface area contributed by atoms with Crippen molar-refractivity contribution < 1.29 is 29.2 Å². The lowest BCUT2D eigenvalue weighted by Gasteiger charge is -2.13. The van der Waals surface area contributed by atoms with Crippen LogP contribution in [0.25, 0.3) is 0 Å². The molecule has 0 heterocycles. The van der Waals surface area contributed by atoms with Gasteiger partial charge in [-0.1, -0.05) is 6.07 Å². The second kappa shape index (κ2) is 8.28. The van der Waals surface area contributed by atoms with Gasteiger partial charge < -0.3 is 24.4 Å². The maximum Gasteiger partial charge on any atom is 0.174 e. The fraction of sp³-hybridized carbons (Fsp3) is 0.316. The van der Waals surface area contributed by atoms with Gasteiger partial charge in [0.1, 0.15) is 22.8 Å². The van der Waals surface area contributed by atoms with Gasteiger partial charge in [-0.05, 0) is 31.5 Å². The number of rotatable bonds is 8. The Morgan fingerprint density at radius 2 is 1.64 bits per heavy atom. The van der Waals surface area contributed by atoms with E-state index in [4.69, 9.17) is 14.2 Å². The number of phenols is 2. The minimum Gasteiger partial charge on any atom is -0.508 e. The van der Waals surface area contributed by atoms with Crippen molar-refractivity contribution in [2.75, 3.05) is 20.3 Å². The topological polar surface area (TPSA) is 85.2 Å². The summed E-state index contributed by atoms with van der Waals surface area (Å²) in [6.45, 7) is 4.74. The highest BCUT2D eigenvalue weighted by atomic mass is 16.5. The summed E-state index contributed by atoms with van der Waals surface area (Å²) in [7, 11) is 1.37. The van der Waals surface area contributed by atoms with Crippen LogP contribution in [0.1, 0.15) is 29.8 Å². The first-order chi connectivity index (χ1) is 12.0. The van der Waals surface area contributed by atoms with E-state index in [9.17, 15) is 15.0 Å². The molecule has 2 aromatic carbocycles. The SMILES string of the molecule is CCOc1ccc(CC(=O)c2c(O)cc(O)cc2OC)cc1OCC. The van der Waals surface area contributed by atoms with Crippen molar-refractivity contribution in [3.8, 4) is 28.7 Å². The first-order valence-corrected chi connectivity index (χ1v) is 8.01. The quantitative estimate of drug-likeness (QED) is 0.713. The van der Waals surface area contributed by atoms with Gasteiger partial charge >= 0.3 is 0 Å². The van der Waals surface area contributed by atoms with E-state index in [0.717, 1.165) is 6.07 Å². The summed E-state index contributed by atoms with van der Waals surface area (Å²) in [5.74, 6) is 0.477. The van der Waals surface area contributed by atoms with Gasteiger partial charge in [-0.15, -0.1) is 0 Å². The van der Waals surface area contributed by atoms with E-state index in [1.54, 1.807) is 18.2 Å². The molecule has 0 atom stereocenters. The van der Waals surface area contributed by atoms with Gasteiger partial charge in [0, 0.05) is 18.6 Å². The zero-order valence-electron chi connectivity index (χ0n) is 14.5. The smallest absolute Gasteiger partial charge is 0.174 e. The molecular weight excluding hydrogens is 324 g/mol. The third kappa shape index (κ3) is 4.35. The summed E-state index contributed by atoms with van der Waals surface area (Å²) < 4.78 is 16.2. The van der Waals surface area contributed by atoms with Crippen LogP contribution in [0, 0.1) is 0 Å². The molecule has 0 spiro atoms. The van der Waals surface area contributed by atoms with Crippen LogP contribution in [0.2, 0.25) is 0 Å². The summed E-state index contributed by atoms with van der Waals surface area (Å²) in [5.41, 5.74) is 0.749. The average molecular weight is 346 g/mol. The molecule has 0 unspecified atom stereocenters. The molecule has 0 aliphatic carbocycles. The summed E-state index contributed by atoms with van der Waals surface area (Å²) in [6, 6.07) is 7.67. The molecule has 6 heteroatoms. The van der Waals surface area contributed by atoms with E-state index in [2.05, 4.69) is 0 Å². The van der Waals surface area contributed by atoms with Gasteiger partial charge in [-0.25, -0.2) is 0 Å². The van der Waals surface area contributed by atoms with Crippen LogP contribution in [-0.2, 0) is 6.42 Å². The number of carbonyl (C=O) groups is 1. The number of phenolic OH excluding ortho intramolecular Hbond substituents is 2. The van der Waals surface area contributed by atoms with E-state index in [1.807, 2.05) is 13.8 Å². The Morgan fingerprint density at radius 3 is 2.28 bits per heavy atom. The zero-order valence-corrected chi connectivity index (χ0v) is 14.5. The Morgan fingerprint density at radius 1 is 0.960 bits per heavy atom. The third-order valence-corrected chi connectivity index (χ3v) is 3.54. The average Bonchev–Trinajstić information content (AvgIpc) is 2.56. The second-order valence-corrected chi connectivity index (χ2v) is 5.29.